The molecule has 0 heterocycles. The lowest BCUT2D eigenvalue weighted by Gasteiger charge is -2.27. The first-order chi connectivity index (χ1) is 8.77. The van der Waals surface area contributed by atoms with Crippen LogP contribution in [0.15, 0.2) is 18.2 Å². The van der Waals surface area contributed by atoms with Gasteiger partial charge in [-0.3, -0.25) is 14.9 Å². The number of nitrogens with two attached hydrogens (primary N) is 1. The lowest BCUT2D eigenvalue weighted by atomic mass is 10.1. The molecule has 2 atom stereocenters. The Morgan fingerprint density at radius 3 is 2.53 bits per heavy atom. The average Bonchev–Trinajstić information content (AvgIpc) is 2.35. The Kier molecular flexibility index (Phi) is 4.44. The van der Waals surface area contributed by atoms with E-state index in [9.17, 15) is 20.0 Å². The second-order valence-corrected chi connectivity index (χ2v) is 4.39. The van der Waals surface area contributed by atoms with E-state index in [1.54, 1.807) is 13.8 Å². The predicted octanol–water partition coefficient (Wildman–Crippen LogP) is 1.02. The van der Waals surface area contributed by atoms with E-state index in [0.29, 0.717) is 0 Å². The molecule has 19 heavy (non-hydrogen) atoms. The van der Waals surface area contributed by atoms with E-state index in [2.05, 4.69) is 0 Å². The number of benzene rings is 1. The summed E-state index contributed by atoms with van der Waals surface area (Å²) in [4.78, 5) is 23.6. The van der Waals surface area contributed by atoms with Crippen molar-refractivity contribution in [2.75, 3.05) is 12.8 Å². The Bertz CT molecular complexity index is 502. The van der Waals surface area contributed by atoms with Crippen LogP contribution in [0.1, 0.15) is 24.2 Å². The predicted molar refractivity (Wildman–Crippen MR) is 70.7 cm³/mol. The molecule has 0 spiro atoms. The minimum absolute atomic E-state index is 0.0594. The zero-order chi connectivity index (χ0) is 14.7. The molecule has 1 amide bonds. The molecule has 2 unspecified atom stereocenters. The van der Waals surface area contributed by atoms with Crippen molar-refractivity contribution in [2.24, 2.45) is 0 Å². The number of carbonyl (C=O) groups is 1. The van der Waals surface area contributed by atoms with E-state index >= 15 is 0 Å². The van der Waals surface area contributed by atoms with Crippen LogP contribution in [0.4, 0.5) is 11.4 Å². The highest BCUT2D eigenvalue weighted by Gasteiger charge is 2.25. The van der Waals surface area contributed by atoms with Crippen molar-refractivity contribution in [1.29, 1.82) is 0 Å². The van der Waals surface area contributed by atoms with Crippen LogP contribution in [0.3, 0.4) is 0 Å². The van der Waals surface area contributed by atoms with Gasteiger partial charge in [-0.2, -0.15) is 0 Å². The first kappa shape index (κ1) is 14.9. The summed E-state index contributed by atoms with van der Waals surface area (Å²) in [5.41, 5.74) is 5.24. The van der Waals surface area contributed by atoms with Gasteiger partial charge in [0.2, 0.25) is 0 Å². The lowest BCUT2D eigenvalue weighted by molar-refractivity contribution is -0.383. The number of rotatable bonds is 4. The SMILES string of the molecule is CC(O)C(C)N(C)C(=O)c1cccc([N+](=O)[O-])c1N. The number of carbonyl (C=O) groups excluding carboxylic acids is 1. The molecule has 0 aliphatic rings. The number of aliphatic hydroxyl groups is 1. The summed E-state index contributed by atoms with van der Waals surface area (Å²) in [6, 6.07) is 3.65. The van der Waals surface area contributed by atoms with Crippen molar-refractivity contribution in [1.82, 2.24) is 4.90 Å². The maximum absolute atomic E-state index is 12.2. The average molecular weight is 267 g/mol. The van der Waals surface area contributed by atoms with E-state index in [1.165, 1.54) is 30.1 Å². The molecule has 104 valence electrons. The van der Waals surface area contributed by atoms with Gasteiger partial charge in [-0.1, -0.05) is 6.07 Å². The van der Waals surface area contributed by atoms with Crippen LogP contribution in [-0.2, 0) is 0 Å². The second-order valence-electron chi connectivity index (χ2n) is 4.39. The molecule has 0 aliphatic carbocycles. The molecule has 0 radical (unpaired) electrons. The van der Waals surface area contributed by atoms with Gasteiger partial charge in [0.25, 0.3) is 11.6 Å². The Hall–Kier alpha value is -2.15. The molecule has 0 saturated carbocycles. The van der Waals surface area contributed by atoms with E-state index in [1.807, 2.05) is 0 Å². The number of anilines is 1. The van der Waals surface area contributed by atoms with Crippen molar-refractivity contribution >= 4 is 17.3 Å². The quantitative estimate of drug-likeness (QED) is 0.480. The summed E-state index contributed by atoms with van der Waals surface area (Å²) in [7, 11) is 1.51. The van der Waals surface area contributed by atoms with E-state index in [-0.39, 0.29) is 16.9 Å². The molecule has 1 aromatic rings. The smallest absolute Gasteiger partial charge is 0.292 e. The first-order valence-corrected chi connectivity index (χ1v) is 5.75. The van der Waals surface area contributed by atoms with Crippen LogP contribution < -0.4 is 5.73 Å². The Morgan fingerprint density at radius 2 is 2.05 bits per heavy atom. The number of para-hydroxylation sites is 1. The normalized spacial score (nSPS) is 13.7. The van der Waals surface area contributed by atoms with Crippen LogP contribution in [0.5, 0.6) is 0 Å². The van der Waals surface area contributed by atoms with E-state index in [4.69, 9.17) is 5.73 Å². The third kappa shape index (κ3) is 3.00. The van der Waals surface area contributed by atoms with Gasteiger partial charge in [0.15, 0.2) is 0 Å². The van der Waals surface area contributed by atoms with E-state index < -0.39 is 23.0 Å². The second kappa shape index (κ2) is 5.66. The number of nitrogen functional groups attached to an aromatic ring is 1. The summed E-state index contributed by atoms with van der Waals surface area (Å²) < 4.78 is 0. The van der Waals surface area contributed by atoms with Gasteiger partial charge in [0.05, 0.1) is 22.6 Å². The van der Waals surface area contributed by atoms with Crippen molar-refractivity contribution in [3.05, 3.63) is 33.9 Å². The summed E-state index contributed by atoms with van der Waals surface area (Å²) in [5.74, 6) is -0.463. The molecule has 7 heteroatoms. The number of nitro groups is 1. The largest absolute Gasteiger partial charge is 0.393 e. The van der Waals surface area contributed by atoms with Crippen molar-refractivity contribution in [3.63, 3.8) is 0 Å². The molecule has 0 aromatic heterocycles. The molecule has 0 bridgehead atoms. The Morgan fingerprint density at radius 1 is 1.47 bits per heavy atom. The maximum Gasteiger partial charge on any atom is 0.292 e. The van der Waals surface area contributed by atoms with Crippen LogP contribution in [0.2, 0.25) is 0 Å². The molecule has 0 fully saturated rings. The van der Waals surface area contributed by atoms with Crippen LogP contribution in [-0.4, -0.2) is 40.0 Å². The summed E-state index contributed by atoms with van der Waals surface area (Å²) in [6.07, 6.45) is -0.714. The molecule has 1 aromatic carbocycles. The lowest BCUT2D eigenvalue weighted by Crippen LogP contribution is -2.41. The molecule has 0 saturated heterocycles. The Labute approximate surface area is 110 Å². The van der Waals surface area contributed by atoms with Gasteiger partial charge in [0.1, 0.15) is 5.69 Å². The highest BCUT2D eigenvalue weighted by Crippen LogP contribution is 2.26. The monoisotopic (exact) mass is 267 g/mol. The van der Waals surface area contributed by atoms with E-state index in [0.717, 1.165) is 0 Å². The third-order valence-corrected chi connectivity index (χ3v) is 3.14. The van der Waals surface area contributed by atoms with Gasteiger partial charge < -0.3 is 15.7 Å². The molecule has 7 nitrogen and oxygen atoms in total. The minimum Gasteiger partial charge on any atom is -0.393 e. The fraction of sp³-hybridized carbons (Fsp3) is 0.417. The molecular weight excluding hydrogens is 250 g/mol. The van der Waals surface area contributed by atoms with Crippen molar-refractivity contribution in [3.8, 4) is 0 Å². The van der Waals surface area contributed by atoms with Gasteiger partial charge in [-0.25, -0.2) is 0 Å². The van der Waals surface area contributed by atoms with Crippen molar-refractivity contribution < 1.29 is 14.8 Å². The van der Waals surface area contributed by atoms with Crippen LogP contribution in [0.25, 0.3) is 0 Å². The highest BCUT2D eigenvalue weighted by atomic mass is 16.6. The van der Waals surface area contributed by atoms with Gasteiger partial charge in [0, 0.05) is 13.1 Å². The zero-order valence-electron chi connectivity index (χ0n) is 11.0. The topological polar surface area (TPSA) is 110 Å². The fourth-order valence-electron chi connectivity index (χ4n) is 1.60. The molecule has 3 N–H and O–H groups in total. The van der Waals surface area contributed by atoms with Crippen LogP contribution >= 0.6 is 0 Å². The standard InChI is InChI=1S/C12H17N3O4/c1-7(8(2)16)14(3)12(17)9-5-4-6-10(11(9)13)15(18)19/h4-8,16H,13H2,1-3H3. The van der Waals surface area contributed by atoms with Crippen molar-refractivity contribution in [2.45, 2.75) is 26.0 Å². The molecule has 0 aliphatic heterocycles. The van der Waals surface area contributed by atoms with Gasteiger partial charge in [-0.05, 0) is 19.9 Å². The fourth-order valence-corrected chi connectivity index (χ4v) is 1.60. The minimum atomic E-state index is -0.714. The number of hydrogen-bond donors (Lipinski definition) is 2. The summed E-state index contributed by atoms with van der Waals surface area (Å²) in [5, 5.41) is 20.2. The summed E-state index contributed by atoms with van der Waals surface area (Å²) in [6.45, 7) is 3.24. The van der Waals surface area contributed by atoms with Gasteiger partial charge >= 0.3 is 0 Å². The number of likely N-dealkylation sites (N-methyl/N-ethyl adjacent to an activating group) is 1. The summed E-state index contributed by atoms with van der Waals surface area (Å²) >= 11 is 0. The zero-order valence-corrected chi connectivity index (χ0v) is 11.0. The van der Waals surface area contributed by atoms with Gasteiger partial charge in [-0.15, -0.1) is 0 Å². The highest BCUT2D eigenvalue weighted by molar-refractivity contribution is 6.01. The number of aliphatic hydroxyl groups excluding tert-OH is 1. The number of amides is 1. The third-order valence-electron chi connectivity index (χ3n) is 3.14. The van der Waals surface area contributed by atoms with Crippen LogP contribution in [0, 0.1) is 10.1 Å². The molecular formula is C12H17N3O4. The first-order valence-electron chi connectivity index (χ1n) is 5.75. The number of hydrogen-bond acceptors (Lipinski definition) is 5. The number of nitro benzene ring substituents is 1. The number of nitrogens with zero attached hydrogens (tertiary/aromatic N) is 2. The molecule has 1 rings (SSSR count). The Balaban J connectivity index is 3.14. The maximum atomic E-state index is 12.2.